The van der Waals surface area contributed by atoms with Gasteiger partial charge in [0.2, 0.25) is 0 Å². The van der Waals surface area contributed by atoms with Crippen LogP contribution in [0, 0.1) is 0 Å². The van der Waals surface area contributed by atoms with E-state index in [0.717, 1.165) is 29.7 Å². The highest BCUT2D eigenvalue weighted by Gasteiger charge is 2.24. The molecule has 152 valence electrons. The molecule has 0 saturated heterocycles. The smallest absolute Gasteiger partial charge is 0.258 e. The normalized spacial score (nSPS) is 12.9. The molecule has 30 heavy (non-hydrogen) atoms. The second-order valence-electron chi connectivity index (χ2n) is 7.22. The topological polar surface area (TPSA) is 49.4 Å². The molecule has 0 unspecified atom stereocenters. The number of fused-ring (bicyclic) bond motifs is 1. The SMILES string of the molecule is O=C(NCc1ccc(Cl)cc1)c1ccc2c(c1)CCCN2C(=O)c1cccc(Cl)c1. The molecule has 0 spiro atoms. The van der Waals surface area contributed by atoms with Gasteiger partial charge in [-0.15, -0.1) is 0 Å². The fraction of sp³-hybridized carbons (Fsp3) is 0.167. The molecular formula is C24H20Cl2N2O2. The largest absolute Gasteiger partial charge is 0.348 e. The lowest BCUT2D eigenvalue weighted by atomic mass is 9.98. The van der Waals surface area contributed by atoms with Crippen LogP contribution in [0.15, 0.2) is 66.7 Å². The van der Waals surface area contributed by atoms with Crippen LogP contribution in [0.2, 0.25) is 10.0 Å². The molecule has 0 radical (unpaired) electrons. The molecule has 0 aliphatic carbocycles. The molecule has 1 aliphatic heterocycles. The van der Waals surface area contributed by atoms with Gasteiger partial charge in [-0.1, -0.05) is 41.4 Å². The maximum atomic E-state index is 13.0. The Morgan fingerprint density at radius 2 is 1.70 bits per heavy atom. The third kappa shape index (κ3) is 4.50. The lowest BCUT2D eigenvalue weighted by Gasteiger charge is -2.30. The third-order valence-electron chi connectivity index (χ3n) is 5.14. The molecule has 0 fully saturated rings. The minimum Gasteiger partial charge on any atom is -0.348 e. The number of carbonyl (C=O) groups is 2. The van der Waals surface area contributed by atoms with Gasteiger partial charge in [-0.2, -0.15) is 0 Å². The molecule has 3 aromatic carbocycles. The Labute approximate surface area is 185 Å². The number of hydrogen-bond donors (Lipinski definition) is 1. The van der Waals surface area contributed by atoms with Crippen molar-refractivity contribution >= 4 is 40.7 Å². The lowest BCUT2D eigenvalue weighted by molar-refractivity contribution is 0.0950. The van der Waals surface area contributed by atoms with E-state index in [1.54, 1.807) is 47.4 Å². The van der Waals surface area contributed by atoms with Crippen molar-refractivity contribution in [1.82, 2.24) is 5.32 Å². The van der Waals surface area contributed by atoms with Gasteiger partial charge in [0.05, 0.1) is 0 Å². The summed E-state index contributed by atoms with van der Waals surface area (Å²) in [5.74, 6) is -0.232. The van der Waals surface area contributed by atoms with Crippen molar-refractivity contribution in [2.24, 2.45) is 0 Å². The van der Waals surface area contributed by atoms with Crippen LogP contribution in [-0.4, -0.2) is 18.4 Å². The van der Waals surface area contributed by atoms with Crippen LogP contribution >= 0.6 is 23.2 Å². The van der Waals surface area contributed by atoms with Crippen molar-refractivity contribution in [2.45, 2.75) is 19.4 Å². The molecule has 1 aliphatic rings. The minimum absolute atomic E-state index is 0.0848. The van der Waals surface area contributed by atoms with Crippen molar-refractivity contribution in [1.29, 1.82) is 0 Å². The number of benzene rings is 3. The minimum atomic E-state index is -0.147. The molecule has 0 atom stereocenters. The van der Waals surface area contributed by atoms with Crippen LogP contribution in [0.25, 0.3) is 0 Å². The van der Waals surface area contributed by atoms with E-state index in [0.29, 0.717) is 34.3 Å². The number of halogens is 2. The van der Waals surface area contributed by atoms with E-state index < -0.39 is 0 Å². The molecule has 0 saturated carbocycles. The maximum Gasteiger partial charge on any atom is 0.258 e. The summed E-state index contributed by atoms with van der Waals surface area (Å²) in [4.78, 5) is 27.4. The summed E-state index contributed by atoms with van der Waals surface area (Å²) in [5, 5.41) is 4.13. The van der Waals surface area contributed by atoms with Gasteiger partial charge >= 0.3 is 0 Å². The Balaban J connectivity index is 1.50. The van der Waals surface area contributed by atoms with E-state index in [1.807, 2.05) is 24.3 Å². The lowest BCUT2D eigenvalue weighted by Crippen LogP contribution is -2.35. The highest BCUT2D eigenvalue weighted by molar-refractivity contribution is 6.31. The first kappa shape index (κ1) is 20.5. The molecule has 2 amide bonds. The number of amides is 2. The number of carbonyl (C=O) groups excluding carboxylic acids is 2. The fourth-order valence-electron chi connectivity index (χ4n) is 3.61. The second kappa shape index (κ2) is 8.90. The Hall–Kier alpha value is -2.82. The summed E-state index contributed by atoms with van der Waals surface area (Å²) in [6.07, 6.45) is 1.67. The zero-order valence-corrected chi connectivity index (χ0v) is 17.7. The zero-order chi connectivity index (χ0) is 21.1. The molecule has 0 bridgehead atoms. The number of rotatable bonds is 4. The first-order chi connectivity index (χ1) is 14.5. The molecule has 1 heterocycles. The summed E-state index contributed by atoms with van der Waals surface area (Å²) in [6, 6.07) is 19.8. The molecule has 6 heteroatoms. The van der Waals surface area contributed by atoms with Crippen LogP contribution in [0.3, 0.4) is 0 Å². The van der Waals surface area contributed by atoms with Gasteiger partial charge in [0.1, 0.15) is 0 Å². The first-order valence-corrected chi connectivity index (χ1v) is 10.5. The van der Waals surface area contributed by atoms with Crippen LogP contribution in [0.5, 0.6) is 0 Å². The predicted molar refractivity (Wildman–Crippen MR) is 121 cm³/mol. The number of nitrogens with zero attached hydrogens (tertiary/aromatic N) is 1. The Kier molecular flexibility index (Phi) is 6.07. The van der Waals surface area contributed by atoms with Crippen LogP contribution in [-0.2, 0) is 13.0 Å². The van der Waals surface area contributed by atoms with Gasteiger partial charge in [0.25, 0.3) is 11.8 Å². The summed E-state index contributed by atoms with van der Waals surface area (Å²) in [7, 11) is 0. The van der Waals surface area contributed by atoms with E-state index in [4.69, 9.17) is 23.2 Å². The predicted octanol–water partition coefficient (Wildman–Crippen LogP) is 5.52. The molecular weight excluding hydrogens is 419 g/mol. The average Bonchev–Trinajstić information content (AvgIpc) is 2.77. The third-order valence-corrected chi connectivity index (χ3v) is 5.63. The van der Waals surface area contributed by atoms with Crippen molar-refractivity contribution in [3.05, 3.63) is 99.0 Å². The molecule has 0 aromatic heterocycles. The molecule has 1 N–H and O–H groups in total. The van der Waals surface area contributed by atoms with Crippen LogP contribution < -0.4 is 10.2 Å². The molecule has 3 aromatic rings. The quantitative estimate of drug-likeness (QED) is 0.582. The Bertz CT molecular complexity index is 1100. The van der Waals surface area contributed by atoms with E-state index in [-0.39, 0.29) is 11.8 Å². The summed E-state index contributed by atoms with van der Waals surface area (Å²) < 4.78 is 0. The van der Waals surface area contributed by atoms with Gasteiger partial charge in [0.15, 0.2) is 0 Å². The van der Waals surface area contributed by atoms with Crippen LogP contribution in [0.1, 0.15) is 38.3 Å². The summed E-state index contributed by atoms with van der Waals surface area (Å²) >= 11 is 11.9. The van der Waals surface area contributed by atoms with E-state index in [2.05, 4.69) is 5.32 Å². The molecule has 4 nitrogen and oxygen atoms in total. The highest BCUT2D eigenvalue weighted by atomic mass is 35.5. The van der Waals surface area contributed by atoms with Crippen LogP contribution in [0.4, 0.5) is 5.69 Å². The number of aryl methyl sites for hydroxylation is 1. The fourth-order valence-corrected chi connectivity index (χ4v) is 3.93. The monoisotopic (exact) mass is 438 g/mol. The zero-order valence-electron chi connectivity index (χ0n) is 16.2. The Morgan fingerprint density at radius 3 is 2.47 bits per heavy atom. The van der Waals surface area contributed by atoms with Gasteiger partial charge in [-0.05, 0) is 72.5 Å². The van der Waals surface area contributed by atoms with Gasteiger partial charge in [-0.25, -0.2) is 0 Å². The van der Waals surface area contributed by atoms with Crippen molar-refractivity contribution < 1.29 is 9.59 Å². The molecule has 4 rings (SSSR count). The van der Waals surface area contributed by atoms with Crippen molar-refractivity contribution in [3.8, 4) is 0 Å². The first-order valence-electron chi connectivity index (χ1n) is 9.74. The van der Waals surface area contributed by atoms with Gasteiger partial charge < -0.3 is 10.2 Å². The summed E-state index contributed by atoms with van der Waals surface area (Å²) in [6.45, 7) is 1.06. The van der Waals surface area contributed by atoms with Crippen molar-refractivity contribution in [2.75, 3.05) is 11.4 Å². The Morgan fingerprint density at radius 1 is 0.900 bits per heavy atom. The van der Waals surface area contributed by atoms with Gasteiger partial charge in [0, 0.05) is 39.9 Å². The average molecular weight is 439 g/mol. The maximum absolute atomic E-state index is 13.0. The highest BCUT2D eigenvalue weighted by Crippen LogP contribution is 2.30. The number of anilines is 1. The number of nitrogens with one attached hydrogen (secondary N) is 1. The standard InChI is InChI=1S/C24H20Cl2N2O2/c25-20-9-6-16(7-10-20)15-27-23(29)18-8-11-22-17(13-18)4-2-12-28(22)24(30)19-3-1-5-21(26)14-19/h1,3,5-11,13-14H,2,4,12,15H2,(H,27,29). The van der Waals surface area contributed by atoms with E-state index >= 15 is 0 Å². The van der Waals surface area contributed by atoms with Gasteiger partial charge in [-0.3, -0.25) is 9.59 Å². The van der Waals surface area contributed by atoms with E-state index in [9.17, 15) is 9.59 Å². The second-order valence-corrected chi connectivity index (χ2v) is 8.10. The summed E-state index contributed by atoms with van der Waals surface area (Å²) in [5.41, 5.74) is 3.96. The number of hydrogen-bond acceptors (Lipinski definition) is 2. The van der Waals surface area contributed by atoms with E-state index in [1.165, 1.54) is 0 Å². The van der Waals surface area contributed by atoms with Crippen molar-refractivity contribution in [3.63, 3.8) is 0 Å².